The third kappa shape index (κ3) is 2.87. The minimum atomic E-state index is -0.452. The lowest BCUT2D eigenvalue weighted by Crippen LogP contribution is -2.01. The first-order valence-corrected chi connectivity index (χ1v) is 5.46. The molecule has 5 nitrogen and oxygen atoms in total. The molecule has 1 aromatic heterocycles. The van der Waals surface area contributed by atoms with Crippen molar-refractivity contribution in [3.05, 3.63) is 53.7 Å². The number of hydrogen-bond acceptors (Lipinski definition) is 5. The highest BCUT2D eigenvalue weighted by atomic mass is 16.5. The van der Waals surface area contributed by atoms with Crippen LogP contribution in [0.4, 0.5) is 0 Å². The van der Waals surface area contributed by atoms with Crippen molar-refractivity contribution in [2.24, 2.45) is 0 Å². The first-order chi connectivity index (χ1) is 9.24. The lowest BCUT2D eigenvalue weighted by molar-refractivity contribution is 0.0600. The van der Waals surface area contributed by atoms with Crippen molar-refractivity contribution in [1.29, 1.82) is 5.26 Å². The Morgan fingerprint density at radius 1 is 1.32 bits per heavy atom. The van der Waals surface area contributed by atoms with Crippen molar-refractivity contribution in [3.63, 3.8) is 0 Å². The van der Waals surface area contributed by atoms with Crippen LogP contribution in [0, 0.1) is 11.3 Å². The van der Waals surface area contributed by atoms with Gasteiger partial charge in [-0.1, -0.05) is 6.07 Å². The van der Waals surface area contributed by atoms with Crippen molar-refractivity contribution in [2.75, 3.05) is 7.11 Å². The molecule has 0 aliphatic heterocycles. The van der Waals surface area contributed by atoms with E-state index in [2.05, 4.69) is 9.72 Å². The van der Waals surface area contributed by atoms with Gasteiger partial charge in [0.1, 0.15) is 17.4 Å². The molecule has 1 heterocycles. The Balaban J connectivity index is 2.29. The maximum Gasteiger partial charge on any atom is 0.337 e. The van der Waals surface area contributed by atoms with Gasteiger partial charge in [0.05, 0.1) is 12.7 Å². The predicted octanol–water partition coefficient (Wildman–Crippen LogP) is 2.53. The van der Waals surface area contributed by atoms with Crippen LogP contribution in [0.5, 0.6) is 11.6 Å². The number of nitriles is 1. The second-order valence-electron chi connectivity index (χ2n) is 3.59. The zero-order valence-corrected chi connectivity index (χ0v) is 10.2. The first-order valence-electron chi connectivity index (χ1n) is 5.46. The normalized spacial score (nSPS) is 9.47. The number of aromatic nitrogens is 1. The molecular formula is C14H10N2O3. The van der Waals surface area contributed by atoms with Gasteiger partial charge in [-0.3, -0.25) is 0 Å². The zero-order chi connectivity index (χ0) is 13.7. The number of esters is 1. The summed E-state index contributed by atoms with van der Waals surface area (Å²) in [5.41, 5.74) is 0.695. The van der Waals surface area contributed by atoms with Crippen molar-refractivity contribution >= 4 is 5.97 Å². The number of pyridine rings is 1. The van der Waals surface area contributed by atoms with Gasteiger partial charge in [-0.25, -0.2) is 9.78 Å². The monoisotopic (exact) mass is 254 g/mol. The Kier molecular flexibility index (Phi) is 3.74. The van der Waals surface area contributed by atoms with Gasteiger partial charge in [0.15, 0.2) is 0 Å². The first kappa shape index (κ1) is 12.6. The summed E-state index contributed by atoms with van der Waals surface area (Å²) in [6.07, 6.45) is 1.53. The lowest BCUT2D eigenvalue weighted by atomic mass is 10.2. The topological polar surface area (TPSA) is 72.2 Å². The van der Waals surface area contributed by atoms with Gasteiger partial charge < -0.3 is 9.47 Å². The minimum Gasteiger partial charge on any atom is -0.465 e. The fraction of sp³-hybridized carbons (Fsp3) is 0.0714. The maximum atomic E-state index is 11.4. The number of carbonyl (C=O) groups is 1. The predicted molar refractivity (Wildman–Crippen MR) is 66.8 cm³/mol. The molecule has 0 amide bonds. The summed E-state index contributed by atoms with van der Waals surface area (Å²) in [6.45, 7) is 0. The Bertz CT molecular complexity index is 647. The standard InChI is InChI=1S/C14H10N2O3/c1-18-14(17)10-4-2-6-12(8-10)19-13-11(9-15)5-3-7-16-13/h2-8H,1H3. The van der Waals surface area contributed by atoms with Crippen LogP contribution in [0.1, 0.15) is 15.9 Å². The van der Waals surface area contributed by atoms with Crippen molar-refractivity contribution in [1.82, 2.24) is 4.98 Å². The number of hydrogen-bond donors (Lipinski definition) is 0. The SMILES string of the molecule is COC(=O)c1cccc(Oc2ncccc2C#N)c1. The van der Waals surface area contributed by atoms with E-state index >= 15 is 0 Å². The van der Waals surface area contributed by atoms with E-state index in [1.54, 1.807) is 30.3 Å². The highest BCUT2D eigenvalue weighted by molar-refractivity contribution is 5.89. The van der Waals surface area contributed by atoms with Crippen LogP contribution < -0.4 is 4.74 Å². The van der Waals surface area contributed by atoms with E-state index in [1.165, 1.54) is 19.4 Å². The third-order valence-corrected chi connectivity index (χ3v) is 2.36. The molecule has 19 heavy (non-hydrogen) atoms. The Labute approximate surface area is 110 Å². The molecule has 0 unspecified atom stereocenters. The smallest absolute Gasteiger partial charge is 0.337 e. The lowest BCUT2D eigenvalue weighted by Gasteiger charge is -2.06. The largest absolute Gasteiger partial charge is 0.465 e. The maximum absolute atomic E-state index is 11.4. The van der Waals surface area contributed by atoms with Crippen molar-refractivity contribution < 1.29 is 14.3 Å². The fourth-order valence-corrected chi connectivity index (χ4v) is 1.47. The molecule has 5 heteroatoms. The summed E-state index contributed by atoms with van der Waals surface area (Å²) in [5, 5.41) is 8.93. The number of rotatable bonds is 3. The third-order valence-electron chi connectivity index (χ3n) is 2.36. The minimum absolute atomic E-state index is 0.201. The van der Waals surface area contributed by atoms with Crippen molar-refractivity contribution in [3.8, 4) is 17.7 Å². The van der Waals surface area contributed by atoms with Crippen LogP contribution in [-0.2, 0) is 4.74 Å². The molecule has 2 aromatic rings. The van der Waals surface area contributed by atoms with Crippen molar-refractivity contribution in [2.45, 2.75) is 0 Å². The summed E-state index contributed by atoms with van der Waals surface area (Å²) < 4.78 is 10.1. The van der Waals surface area contributed by atoms with Gasteiger partial charge in [-0.2, -0.15) is 5.26 Å². The molecule has 0 aliphatic rings. The van der Waals surface area contributed by atoms with Crippen LogP contribution in [0.3, 0.4) is 0 Å². The van der Waals surface area contributed by atoms with E-state index in [9.17, 15) is 4.79 Å². The van der Waals surface area contributed by atoms with Crippen LogP contribution >= 0.6 is 0 Å². The molecule has 0 radical (unpaired) electrons. The van der Waals surface area contributed by atoms with Crippen LogP contribution in [-0.4, -0.2) is 18.1 Å². The van der Waals surface area contributed by atoms with Gasteiger partial charge in [0.25, 0.3) is 0 Å². The van der Waals surface area contributed by atoms with Gasteiger partial charge in [-0.15, -0.1) is 0 Å². The summed E-state index contributed by atoms with van der Waals surface area (Å²) in [4.78, 5) is 15.4. The summed E-state index contributed by atoms with van der Waals surface area (Å²) in [5.74, 6) is 0.164. The average Bonchev–Trinajstić information content (AvgIpc) is 2.47. The highest BCUT2D eigenvalue weighted by Gasteiger charge is 2.09. The van der Waals surface area contributed by atoms with Crippen LogP contribution in [0.25, 0.3) is 0 Å². The zero-order valence-electron chi connectivity index (χ0n) is 10.2. The average molecular weight is 254 g/mol. The number of carbonyl (C=O) groups excluding carboxylic acids is 1. The van der Waals surface area contributed by atoms with E-state index in [0.717, 1.165) is 0 Å². The molecule has 0 N–H and O–H groups in total. The summed E-state index contributed by atoms with van der Waals surface area (Å²) in [6, 6.07) is 11.7. The molecule has 0 saturated carbocycles. The Morgan fingerprint density at radius 3 is 2.89 bits per heavy atom. The molecule has 0 fully saturated rings. The molecule has 0 saturated heterocycles. The summed E-state index contributed by atoms with van der Waals surface area (Å²) >= 11 is 0. The number of ether oxygens (including phenoxy) is 2. The number of nitrogens with zero attached hydrogens (tertiary/aromatic N) is 2. The van der Waals surface area contributed by atoms with E-state index in [-0.39, 0.29) is 5.88 Å². The molecule has 0 aliphatic carbocycles. The molecule has 0 atom stereocenters. The molecule has 94 valence electrons. The van der Waals surface area contributed by atoms with E-state index in [0.29, 0.717) is 16.9 Å². The Morgan fingerprint density at radius 2 is 2.16 bits per heavy atom. The van der Waals surface area contributed by atoms with Crippen LogP contribution in [0.15, 0.2) is 42.6 Å². The van der Waals surface area contributed by atoms with Gasteiger partial charge in [-0.05, 0) is 30.3 Å². The van der Waals surface area contributed by atoms with E-state index in [1.807, 2.05) is 6.07 Å². The second-order valence-corrected chi connectivity index (χ2v) is 3.59. The van der Waals surface area contributed by atoms with E-state index < -0.39 is 5.97 Å². The molecular weight excluding hydrogens is 244 g/mol. The van der Waals surface area contributed by atoms with Gasteiger partial charge >= 0.3 is 5.97 Å². The van der Waals surface area contributed by atoms with Gasteiger partial charge in [0, 0.05) is 6.20 Å². The molecule has 1 aromatic carbocycles. The summed E-state index contributed by atoms with van der Waals surface area (Å²) in [7, 11) is 1.31. The molecule has 0 bridgehead atoms. The number of methoxy groups -OCH3 is 1. The molecule has 0 spiro atoms. The van der Waals surface area contributed by atoms with Crippen LogP contribution in [0.2, 0.25) is 0 Å². The fourth-order valence-electron chi connectivity index (χ4n) is 1.47. The number of benzene rings is 1. The second kappa shape index (κ2) is 5.65. The van der Waals surface area contributed by atoms with Gasteiger partial charge in [0.2, 0.25) is 5.88 Å². The highest BCUT2D eigenvalue weighted by Crippen LogP contribution is 2.23. The van der Waals surface area contributed by atoms with E-state index in [4.69, 9.17) is 10.00 Å². The molecule has 2 rings (SSSR count). The Hall–Kier alpha value is -2.87. The quantitative estimate of drug-likeness (QED) is 0.787.